The molecule has 2 N–H and O–H groups in total. The highest BCUT2D eigenvalue weighted by Gasteiger charge is 2.23. The summed E-state index contributed by atoms with van der Waals surface area (Å²) in [6.07, 6.45) is 0. The van der Waals surface area contributed by atoms with Gasteiger partial charge in [0.25, 0.3) is 5.69 Å². The van der Waals surface area contributed by atoms with Crippen LogP contribution < -0.4 is 23.1 Å². The largest absolute Gasteiger partial charge is 1.00 e. The molecule has 0 atom stereocenters. The number of nitro benzene ring substituents is 2. The lowest BCUT2D eigenvalue weighted by Crippen LogP contribution is -3.00. The average molecular weight is 531 g/mol. The molecular weight excluding hydrogens is 506 g/mol. The number of nitrogens with zero attached hydrogens (tertiary/aromatic N) is 6. The van der Waals surface area contributed by atoms with Crippen molar-refractivity contribution < 1.29 is 26.8 Å². The molecule has 2 rings (SSSR count). The Morgan fingerprint density at radius 2 is 1.78 bits per heavy atom. The second-order valence-electron chi connectivity index (χ2n) is 7.56. The van der Waals surface area contributed by atoms with Crippen LogP contribution in [-0.4, -0.2) is 48.2 Å². The van der Waals surface area contributed by atoms with E-state index < -0.39 is 21.2 Å². The topological polar surface area (TPSA) is 140 Å². The standard InChI is InChI=1S/C19H25BrN7O4.ClH/c1-5-24(8-9-27(3,4)21)14-6-7-17(13(2)10-14)22-23-19-16(20)11-15(25(28)29)12-18(19)26(30)31;/h6-7,10-12H,5,8-9,21H2,1-4H3;1H/q+1;/p-1. The fraction of sp³-hybridized carbons (Fsp3) is 0.368. The van der Waals surface area contributed by atoms with Crippen LogP contribution >= 0.6 is 15.9 Å². The van der Waals surface area contributed by atoms with E-state index >= 15 is 0 Å². The molecule has 0 heterocycles. The van der Waals surface area contributed by atoms with Gasteiger partial charge in [-0.15, -0.1) is 10.2 Å². The van der Waals surface area contributed by atoms with E-state index in [4.69, 9.17) is 5.84 Å². The van der Waals surface area contributed by atoms with Crippen LogP contribution in [0.2, 0.25) is 0 Å². The van der Waals surface area contributed by atoms with Gasteiger partial charge < -0.3 is 17.3 Å². The van der Waals surface area contributed by atoms with Gasteiger partial charge in [0, 0.05) is 18.3 Å². The maximum absolute atomic E-state index is 11.4. The zero-order chi connectivity index (χ0) is 23.3. The Labute approximate surface area is 200 Å². The lowest BCUT2D eigenvalue weighted by atomic mass is 10.1. The first-order valence-corrected chi connectivity index (χ1v) is 10.2. The summed E-state index contributed by atoms with van der Waals surface area (Å²) in [7, 11) is 3.86. The third-order valence-electron chi connectivity index (χ3n) is 4.57. The minimum atomic E-state index is -0.724. The highest BCUT2D eigenvalue weighted by Crippen LogP contribution is 2.40. The molecule has 0 aliphatic rings. The molecule has 0 radical (unpaired) electrons. The van der Waals surface area contributed by atoms with Gasteiger partial charge in [-0.1, -0.05) is 0 Å². The van der Waals surface area contributed by atoms with Crippen LogP contribution in [0.3, 0.4) is 0 Å². The number of non-ortho nitro benzene ring substituents is 1. The van der Waals surface area contributed by atoms with E-state index in [2.05, 4.69) is 38.0 Å². The Morgan fingerprint density at radius 3 is 2.28 bits per heavy atom. The molecule has 0 fully saturated rings. The highest BCUT2D eigenvalue weighted by molar-refractivity contribution is 9.10. The van der Waals surface area contributed by atoms with Gasteiger partial charge >= 0.3 is 5.69 Å². The number of quaternary nitrogens is 1. The predicted molar refractivity (Wildman–Crippen MR) is 122 cm³/mol. The smallest absolute Gasteiger partial charge is 0.304 e. The number of nitro groups is 2. The molecule has 0 unspecified atom stereocenters. The van der Waals surface area contributed by atoms with Crippen LogP contribution in [0, 0.1) is 27.2 Å². The normalized spacial score (nSPS) is 11.3. The van der Waals surface area contributed by atoms with Gasteiger partial charge in [-0.3, -0.25) is 24.8 Å². The van der Waals surface area contributed by atoms with Crippen LogP contribution in [0.25, 0.3) is 0 Å². The van der Waals surface area contributed by atoms with Crippen LogP contribution in [0.4, 0.5) is 28.4 Å². The molecule has 0 aliphatic carbocycles. The van der Waals surface area contributed by atoms with Crippen molar-refractivity contribution in [3.63, 3.8) is 0 Å². The molecule has 0 saturated heterocycles. The maximum Gasteiger partial charge on any atom is 0.304 e. The Kier molecular flexibility index (Phi) is 9.64. The van der Waals surface area contributed by atoms with Crippen molar-refractivity contribution in [1.82, 2.24) is 0 Å². The van der Waals surface area contributed by atoms with Gasteiger partial charge in [0.1, 0.15) is 6.54 Å². The quantitative estimate of drug-likeness (QED) is 0.172. The molecule has 2 aromatic carbocycles. The number of rotatable bonds is 9. The third kappa shape index (κ3) is 7.19. The third-order valence-corrected chi connectivity index (χ3v) is 5.17. The van der Waals surface area contributed by atoms with E-state index in [-0.39, 0.29) is 22.6 Å². The molecule has 11 nitrogen and oxygen atoms in total. The summed E-state index contributed by atoms with van der Waals surface area (Å²) in [5.74, 6) is 6.03. The lowest BCUT2D eigenvalue weighted by molar-refractivity contribution is -0.900. The molecule has 0 aromatic heterocycles. The van der Waals surface area contributed by atoms with Crippen LogP contribution in [0.1, 0.15) is 12.5 Å². The van der Waals surface area contributed by atoms with Crippen LogP contribution in [0.5, 0.6) is 0 Å². The van der Waals surface area contributed by atoms with E-state index in [0.717, 1.165) is 43.0 Å². The molecule has 174 valence electrons. The molecule has 13 heteroatoms. The lowest BCUT2D eigenvalue weighted by Gasteiger charge is -2.28. The summed E-state index contributed by atoms with van der Waals surface area (Å²) in [6, 6.07) is 7.68. The maximum atomic E-state index is 11.4. The summed E-state index contributed by atoms with van der Waals surface area (Å²) >= 11 is 3.12. The Hall–Kier alpha value is -2.67. The number of likely N-dealkylation sites (N-methyl/N-ethyl adjacent to an activating group) is 2. The fourth-order valence-corrected chi connectivity index (χ4v) is 3.33. The second-order valence-corrected chi connectivity index (χ2v) is 8.42. The Morgan fingerprint density at radius 1 is 1.12 bits per heavy atom. The minimum absolute atomic E-state index is 0. The number of hydrogen-bond acceptors (Lipinski definition) is 8. The fourth-order valence-electron chi connectivity index (χ4n) is 2.81. The predicted octanol–water partition coefficient (Wildman–Crippen LogP) is 1.77. The van der Waals surface area contributed by atoms with E-state index in [1.165, 1.54) is 0 Å². The van der Waals surface area contributed by atoms with Crippen molar-refractivity contribution in [2.45, 2.75) is 13.8 Å². The van der Waals surface area contributed by atoms with E-state index in [9.17, 15) is 20.2 Å². The van der Waals surface area contributed by atoms with Gasteiger partial charge in [-0.2, -0.15) is 5.84 Å². The minimum Gasteiger partial charge on any atom is -1.00 e. The first-order chi connectivity index (χ1) is 14.4. The van der Waals surface area contributed by atoms with Crippen molar-refractivity contribution in [3.8, 4) is 0 Å². The second kappa shape index (κ2) is 11.3. The molecule has 32 heavy (non-hydrogen) atoms. The van der Waals surface area contributed by atoms with Crippen molar-refractivity contribution in [2.24, 2.45) is 16.1 Å². The summed E-state index contributed by atoms with van der Waals surface area (Å²) in [5, 5.41) is 30.5. The molecule has 0 bridgehead atoms. The van der Waals surface area contributed by atoms with E-state index in [1.54, 1.807) is 6.07 Å². The molecular formula is C19H25BrClN7O4. The molecule has 0 amide bonds. The van der Waals surface area contributed by atoms with Crippen molar-refractivity contribution >= 4 is 44.4 Å². The van der Waals surface area contributed by atoms with Crippen molar-refractivity contribution in [3.05, 3.63) is 60.6 Å². The number of aryl methyl sites for hydroxylation is 1. The highest BCUT2D eigenvalue weighted by atomic mass is 79.9. The Bertz CT molecular complexity index is 1030. The summed E-state index contributed by atoms with van der Waals surface area (Å²) < 4.78 is 0.483. The number of anilines is 1. The number of hydrogen-bond donors (Lipinski definition) is 1. The zero-order valence-electron chi connectivity index (χ0n) is 18.2. The number of azo groups is 1. The molecule has 0 spiro atoms. The number of halogens is 2. The monoisotopic (exact) mass is 529 g/mol. The molecule has 0 aliphatic heterocycles. The molecule has 2 aromatic rings. The first-order valence-electron chi connectivity index (χ1n) is 9.44. The van der Waals surface area contributed by atoms with E-state index in [1.807, 2.05) is 33.2 Å². The van der Waals surface area contributed by atoms with Gasteiger partial charge in [-0.05, 0) is 53.5 Å². The average Bonchev–Trinajstić information content (AvgIpc) is 2.67. The number of nitrogens with two attached hydrogens (primary N) is 1. The summed E-state index contributed by atoms with van der Waals surface area (Å²) in [6.45, 7) is 6.29. The van der Waals surface area contributed by atoms with E-state index in [0.29, 0.717) is 10.3 Å². The summed E-state index contributed by atoms with van der Waals surface area (Å²) in [5.41, 5.74) is 1.39. The van der Waals surface area contributed by atoms with Crippen molar-refractivity contribution in [1.29, 1.82) is 0 Å². The number of benzene rings is 2. The SMILES string of the molecule is CCN(CC[N+](C)(C)N)c1ccc(N=Nc2c(Br)cc([N+](=O)[O-])cc2[N+](=O)[O-])c(C)c1.[Cl-]. The van der Waals surface area contributed by atoms with Gasteiger partial charge in [0.05, 0.1) is 46.7 Å². The van der Waals surface area contributed by atoms with Gasteiger partial charge in [0.15, 0.2) is 5.69 Å². The first kappa shape index (κ1) is 27.4. The van der Waals surface area contributed by atoms with Gasteiger partial charge in [0.2, 0.25) is 0 Å². The Balaban J connectivity index is 0.00000512. The summed E-state index contributed by atoms with van der Waals surface area (Å²) in [4.78, 5) is 23.1. The zero-order valence-corrected chi connectivity index (χ0v) is 20.5. The van der Waals surface area contributed by atoms with Gasteiger partial charge in [-0.25, -0.2) is 0 Å². The van der Waals surface area contributed by atoms with Crippen LogP contribution in [-0.2, 0) is 0 Å². The van der Waals surface area contributed by atoms with Crippen molar-refractivity contribution in [2.75, 3.05) is 38.6 Å². The molecule has 0 saturated carbocycles. The van der Waals surface area contributed by atoms with Crippen LogP contribution in [0.15, 0.2) is 45.0 Å².